The van der Waals surface area contributed by atoms with Crippen molar-refractivity contribution in [2.24, 2.45) is 0 Å². The number of β-amino-alcohol motifs (C(OH)–C–C–N with tert-alkyl or cyclic N) is 1. The molecule has 2 aromatic rings. The third-order valence-electron chi connectivity index (χ3n) is 4.47. The van der Waals surface area contributed by atoms with Crippen LogP contribution in [0.4, 0.5) is 8.78 Å². The number of benzene rings is 2. The molecule has 0 aromatic heterocycles. The van der Waals surface area contributed by atoms with Gasteiger partial charge in [0.1, 0.15) is 17.7 Å². The third-order valence-corrected chi connectivity index (χ3v) is 4.47. The molecule has 1 saturated heterocycles. The SMILES string of the molecule is OC(COC(c1ccc(F)cc1)c1ccc(F)cc1)CN1CCCC1. The quantitative estimate of drug-likeness (QED) is 0.832. The number of aliphatic hydroxyl groups is 1. The Balaban J connectivity index is 1.69. The van der Waals surface area contributed by atoms with E-state index >= 15 is 0 Å². The molecule has 3 nitrogen and oxygen atoms in total. The van der Waals surface area contributed by atoms with Crippen molar-refractivity contribution in [3.05, 3.63) is 71.3 Å². The van der Waals surface area contributed by atoms with Gasteiger partial charge in [-0.25, -0.2) is 8.78 Å². The van der Waals surface area contributed by atoms with E-state index in [1.165, 1.54) is 37.1 Å². The lowest BCUT2D eigenvalue weighted by Gasteiger charge is -2.23. The molecule has 1 atom stereocenters. The summed E-state index contributed by atoms with van der Waals surface area (Å²) in [4.78, 5) is 2.22. The Morgan fingerprint density at radius 2 is 1.36 bits per heavy atom. The Morgan fingerprint density at radius 1 is 0.880 bits per heavy atom. The second-order valence-corrected chi connectivity index (χ2v) is 6.48. The second-order valence-electron chi connectivity index (χ2n) is 6.48. The van der Waals surface area contributed by atoms with E-state index in [-0.39, 0.29) is 18.2 Å². The highest BCUT2D eigenvalue weighted by Gasteiger charge is 2.20. The Kier molecular flexibility index (Phi) is 6.13. The molecule has 134 valence electrons. The molecular weight excluding hydrogens is 324 g/mol. The molecule has 2 aromatic carbocycles. The van der Waals surface area contributed by atoms with Gasteiger partial charge in [0, 0.05) is 6.54 Å². The number of halogens is 2. The molecule has 0 saturated carbocycles. The maximum absolute atomic E-state index is 13.2. The average Bonchev–Trinajstić information content (AvgIpc) is 3.11. The first kappa shape index (κ1) is 18.0. The van der Waals surface area contributed by atoms with Crippen LogP contribution in [0.1, 0.15) is 30.1 Å². The van der Waals surface area contributed by atoms with Crippen LogP contribution in [0.2, 0.25) is 0 Å². The molecule has 3 rings (SSSR count). The van der Waals surface area contributed by atoms with Gasteiger partial charge < -0.3 is 14.7 Å². The van der Waals surface area contributed by atoms with Gasteiger partial charge >= 0.3 is 0 Å². The van der Waals surface area contributed by atoms with E-state index in [2.05, 4.69) is 4.90 Å². The van der Waals surface area contributed by atoms with E-state index in [4.69, 9.17) is 4.74 Å². The van der Waals surface area contributed by atoms with Crippen molar-refractivity contribution in [2.75, 3.05) is 26.2 Å². The fraction of sp³-hybridized carbons (Fsp3) is 0.400. The molecule has 1 unspecified atom stereocenters. The van der Waals surface area contributed by atoms with Crippen molar-refractivity contribution in [3.63, 3.8) is 0 Å². The van der Waals surface area contributed by atoms with Gasteiger partial charge in [-0.2, -0.15) is 0 Å². The van der Waals surface area contributed by atoms with Crippen LogP contribution in [0, 0.1) is 11.6 Å². The van der Waals surface area contributed by atoms with Gasteiger partial charge in [-0.15, -0.1) is 0 Å². The van der Waals surface area contributed by atoms with Crippen LogP contribution < -0.4 is 0 Å². The van der Waals surface area contributed by atoms with Crippen molar-refractivity contribution in [3.8, 4) is 0 Å². The topological polar surface area (TPSA) is 32.7 Å². The zero-order valence-corrected chi connectivity index (χ0v) is 14.1. The summed E-state index contributed by atoms with van der Waals surface area (Å²) in [6, 6.07) is 12.1. The smallest absolute Gasteiger partial charge is 0.123 e. The average molecular weight is 347 g/mol. The lowest BCUT2D eigenvalue weighted by molar-refractivity contribution is -0.00575. The van der Waals surface area contributed by atoms with E-state index in [1.54, 1.807) is 24.3 Å². The zero-order chi connectivity index (χ0) is 17.6. The van der Waals surface area contributed by atoms with E-state index in [0.717, 1.165) is 24.2 Å². The molecule has 1 heterocycles. The minimum Gasteiger partial charge on any atom is -0.389 e. The minimum atomic E-state index is -0.596. The first-order valence-electron chi connectivity index (χ1n) is 8.65. The van der Waals surface area contributed by atoms with Gasteiger partial charge in [0.25, 0.3) is 0 Å². The summed E-state index contributed by atoms with van der Waals surface area (Å²) in [5.74, 6) is -0.647. The normalized spacial score (nSPS) is 16.5. The van der Waals surface area contributed by atoms with Crippen molar-refractivity contribution in [1.29, 1.82) is 0 Å². The van der Waals surface area contributed by atoms with Crippen LogP contribution in [0.15, 0.2) is 48.5 Å². The van der Waals surface area contributed by atoms with Crippen LogP contribution in [0.3, 0.4) is 0 Å². The molecule has 1 aliphatic heterocycles. The van der Waals surface area contributed by atoms with Crippen LogP contribution in [-0.2, 0) is 4.74 Å². The van der Waals surface area contributed by atoms with Gasteiger partial charge in [-0.1, -0.05) is 24.3 Å². The number of rotatable bonds is 7. The molecule has 0 radical (unpaired) electrons. The van der Waals surface area contributed by atoms with Crippen LogP contribution in [-0.4, -0.2) is 42.4 Å². The second kappa shape index (κ2) is 8.52. The maximum atomic E-state index is 13.2. The number of aliphatic hydroxyl groups excluding tert-OH is 1. The van der Waals surface area contributed by atoms with Crippen LogP contribution >= 0.6 is 0 Å². The Labute approximate surface area is 146 Å². The summed E-state index contributed by atoms with van der Waals surface area (Å²) in [6.07, 6.45) is 1.26. The standard InChI is InChI=1S/C20H23F2NO2/c21-17-7-3-15(4-8-17)20(16-5-9-18(22)10-6-16)25-14-19(24)13-23-11-1-2-12-23/h3-10,19-20,24H,1-2,11-14H2. The first-order chi connectivity index (χ1) is 12.1. The lowest BCUT2D eigenvalue weighted by atomic mass is 10.0. The predicted octanol–water partition coefficient (Wildman–Crippen LogP) is 3.53. The molecule has 5 heteroatoms. The molecule has 1 fully saturated rings. The lowest BCUT2D eigenvalue weighted by Crippen LogP contribution is -2.33. The first-order valence-corrected chi connectivity index (χ1v) is 8.65. The van der Waals surface area contributed by atoms with Gasteiger partial charge in [-0.05, 0) is 61.3 Å². The molecule has 0 spiro atoms. The molecular formula is C20H23F2NO2. The molecule has 0 aliphatic carbocycles. The summed E-state index contributed by atoms with van der Waals surface area (Å²) in [7, 11) is 0. The van der Waals surface area contributed by atoms with E-state index in [9.17, 15) is 13.9 Å². The third kappa shape index (κ3) is 5.08. The zero-order valence-electron chi connectivity index (χ0n) is 14.1. The highest BCUT2D eigenvalue weighted by Crippen LogP contribution is 2.27. The summed E-state index contributed by atoms with van der Waals surface area (Å²) in [5, 5.41) is 10.3. The minimum absolute atomic E-state index is 0.163. The molecule has 0 bridgehead atoms. The van der Waals surface area contributed by atoms with E-state index in [0.29, 0.717) is 6.54 Å². The number of hydrogen-bond acceptors (Lipinski definition) is 3. The molecule has 1 aliphatic rings. The summed E-state index contributed by atoms with van der Waals surface area (Å²) in [5.41, 5.74) is 1.53. The number of hydrogen-bond donors (Lipinski definition) is 1. The maximum Gasteiger partial charge on any atom is 0.123 e. The highest BCUT2D eigenvalue weighted by atomic mass is 19.1. The van der Waals surface area contributed by atoms with Crippen LogP contribution in [0.5, 0.6) is 0 Å². The fourth-order valence-electron chi connectivity index (χ4n) is 3.18. The van der Waals surface area contributed by atoms with Gasteiger partial charge in [0.15, 0.2) is 0 Å². The van der Waals surface area contributed by atoms with Crippen molar-refractivity contribution in [1.82, 2.24) is 4.90 Å². The highest BCUT2D eigenvalue weighted by molar-refractivity contribution is 5.30. The molecule has 1 N–H and O–H groups in total. The predicted molar refractivity (Wildman–Crippen MR) is 92.3 cm³/mol. The van der Waals surface area contributed by atoms with Gasteiger partial charge in [0.2, 0.25) is 0 Å². The van der Waals surface area contributed by atoms with Crippen molar-refractivity contribution < 1.29 is 18.6 Å². The molecule has 0 amide bonds. The number of nitrogens with zero attached hydrogens (tertiary/aromatic N) is 1. The number of likely N-dealkylation sites (tertiary alicyclic amines) is 1. The van der Waals surface area contributed by atoms with E-state index in [1.807, 2.05) is 0 Å². The Morgan fingerprint density at radius 3 is 1.84 bits per heavy atom. The fourth-order valence-corrected chi connectivity index (χ4v) is 3.18. The summed E-state index contributed by atoms with van der Waals surface area (Å²) >= 11 is 0. The molecule has 25 heavy (non-hydrogen) atoms. The van der Waals surface area contributed by atoms with Gasteiger partial charge in [-0.3, -0.25) is 0 Å². The van der Waals surface area contributed by atoms with Crippen molar-refractivity contribution >= 4 is 0 Å². The van der Waals surface area contributed by atoms with Crippen LogP contribution in [0.25, 0.3) is 0 Å². The monoisotopic (exact) mass is 347 g/mol. The van der Waals surface area contributed by atoms with E-state index < -0.39 is 12.2 Å². The van der Waals surface area contributed by atoms with Crippen molar-refractivity contribution in [2.45, 2.75) is 25.0 Å². The summed E-state index contributed by atoms with van der Waals surface area (Å²) in [6.45, 7) is 2.77. The summed E-state index contributed by atoms with van der Waals surface area (Å²) < 4.78 is 32.4. The van der Waals surface area contributed by atoms with Gasteiger partial charge in [0.05, 0.1) is 12.7 Å². The Bertz CT molecular complexity index is 609. The largest absolute Gasteiger partial charge is 0.389 e. The number of ether oxygens (including phenoxy) is 1. The Hall–Kier alpha value is -1.82.